The maximum atomic E-state index is 11.5. The number of carbonyl (C=O) groups excluding carboxylic acids is 1. The Bertz CT molecular complexity index is 371. The van der Waals surface area contributed by atoms with Crippen LogP contribution in [-0.4, -0.2) is 18.6 Å². The van der Waals surface area contributed by atoms with Crippen molar-refractivity contribution in [3.8, 4) is 11.2 Å². The zero-order chi connectivity index (χ0) is 10.4. The molecule has 0 fully saturated rings. The van der Waals surface area contributed by atoms with Crippen molar-refractivity contribution in [2.24, 2.45) is 0 Å². The molecule has 0 aromatic heterocycles. The van der Waals surface area contributed by atoms with E-state index in [2.05, 4.69) is 0 Å². The van der Waals surface area contributed by atoms with Crippen molar-refractivity contribution < 1.29 is 9.53 Å². The number of thiocyanates is 1. The van der Waals surface area contributed by atoms with E-state index in [0.717, 1.165) is 11.8 Å². The van der Waals surface area contributed by atoms with Gasteiger partial charge < -0.3 is 4.74 Å². The molecule has 0 spiro atoms. The molecule has 0 bridgehead atoms. The lowest BCUT2D eigenvalue weighted by atomic mass is 10.1. The van der Waals surface area contributed by atoms with Crippen molar-refractivity contribution in [1.29, 1.82) is 5.26 Å². The van der Waals surface area contributed by atoms with Crippen LogP contribution in [0.2, 0.25) is 0 Å². The van der Waals surface area contributed by atoms with Gasteiger partial charge in [0.25, 0.3) is 0 Å². The molecule has 0 aliphatic rings. The number of methoxy groups -OCH3 is 1. The molecule has 0 aliphatic heterocycles. The largest absolute Gasteiger partial charge is 0.496 e. The predicted molar refractivity (Wildman–Crippen MR) is 55.4 cm³/mol. The van der Waals surface area contributed by atoms with Crippen LogP contribution in [0.1, 0.15) is 10.4 Å². The average Bonchev–Trinajstić information content (AvgIpc) is 2.25. The summed E-state index contributed by atoms with van der Waals surface area (Å²) in [6, 6.07) is 6.99. The van der Waals surface area contributed by atoms with Gasteiger partial charge in [-0.25, -0.2) is 0 Å². The molecule has 1 aromatic rings. The van der Waals surface area contributed by atoms with Gasteiger partial charge in [0, 0.05) is 0 Å². The van der Waals surface area contributed by atoms with Crippen molar-refractivity contribution in [3.05, 3.63) is 29.8 Å². The van der Waals surface area contributed by atoms with Gasteiger partial charge in [-0.05, 0) is 23.9 Å². The van der Waals surface area contributed by atoms with Crippen molar-refractivity contribution in [3.63, 3.8) is 0 Å². The minimum atomic E-state index is -0.0889. The highest BCUT2D eigenvalue weighted by atomic mass is 32.2. The molecule has 4 heteroatoms. The first-order chi connectivity index (χ1) is 6.79. The predicted octanol–water partition coefficient (Wildman–Crippen LogP) is 2.09. The number of ether oxygens (including phenoxy) is 1. The fourth-order valence-corrected chi connectivity index (χ4v) is 1.40. The number of hydrogen-bond donors (Lipinski definition) is 0. The van der Waals surface area contributed by atoms with E-state index in [0.29, 0.717) is 11.3 Å². The second kappa shape index (κ2) is 5.30. The molecule has 0 heterocycles. The van der Waals surface area contributed by atoms with Gasteiger partial charge in [-0.1, -0.05) is 12.1 Å². The van der Waals surface area contributed by atoms with Crippen LogP contribution in [0.4, 0.5) is 0 Å². The quantitative estimate of drug-likeness (QED) is 0.560. The first-order valence-electron chi connectivity index (χ1n) is 3.96. The lowest BCUT2D eigenvalue weighted by Gasteiger charge is -2.05. The number of para-hydroxylation sites is 1. The molecule has 0 saturated carbocycles. The van der Waals surface area contributed by atoms with Crippen LogP contribution in [0.15, 0.2) is 24.3 Å². The van der Waals surface area contributed by atoms with Gasteiger partial charge in [0.2, 0.25) is 0 Å². The molecule has 72 valence electrons. The molecule has 14 heavy (non-hydrogen) atoms. The number of rotatable bonds is 4. The SMILES string of the molecule is COc1ccccc1C(=O)CSC#N. The van der Waals surface area contributed by atoms with E-state index in [4.69, 9.17) is 10.00 Å². The average molecular weight is 207 g/mol. The Morgan fingerprint density at radius 2 is 2.29 bits per heavy atom. The van der Waals surface area contributed by atoms with E-state index < -0.39 is 0 Å². The van der Waals surface area contributed by atoms with Gasteiger partial charge in [-0.2, -0.15) is 5.26 Å². The van der Waals surface area contributed by atoms with E-state index >= 15 is 0 Å². The number of thioether (sulfide) groups is 1. The number of carbonyl (C=O) groups is 1. The van der Waals surface area contributed by atoms with Gasteiger partial charge in [0.05, 0.1) is 18.4 Å². The summed E-state index contributed by atoms with van der Waals surface area (Å²) < 4.78 is 5.03. The molecular formula is C10H9NO2S. The van der Waals surface area contributed by atoms with Gasteiger partial charge >= 0.3 is 0 Å². The van der Waals surface area contributed by atoms with Crippen molar-refractivity contribution >= 4 is 17.5 Å². The Kier molecular flexibility index (Phi) is 4.02. The molecular weight excluding hydrogens is 198 g/mol. The summed E-state index contributed by atoms with van der Waals surface area (Å²) in [5.41, 5.74) is 0.526. The second-order valence-electron chi connectivity index (χ2n) is 2.50. The third-order valence-electron chi connectivity index (χ3n) is 1.68. The third kappa shape index (κ3) is 2.51. The number of hydrogen-bond acceptors (Lipinski definition) is 4. The third-order valence-corrected chi connectivity index (χ3v) is 2.21. The van der Waals surface area contributed by atoms with Crippen molar-refractivity contribution in [2.75, 3.05) is 12.9 Å². The molecule has 0 N–H and O–H groups in total. The molecule has 0 unspecified atom stereocenters. The molecule has 0 atom stereocenters. The summed E-state index contributed by atoms with van der Waals surface area (Å²) in [5, 5.41) is 10.2. The molecule has 1 aromatic carbocycles. The Hall–Kier alpha value is -1.47. The summed E-state index contributed by atoms with van der Waals surface area (Å²) >= 11 is 0.931. The highest BCUT2D eigenvalue weighted by Crippen LogP contribution is 2.19. The van der Waals surface area contributed by atoms with Crippen molar-refractivity contribution in [2.45, 2.75) is 0 Å². The zero-order valence-electron chi connectivity index (χ0n) is 7.69. The molecule has 0 amide bonds. The Labute approximate surface area is 86.7 Å². The van der Waals surface area contributed by atoms with E-state index in [1.807, 2.05) is 5.40 Å². The number of benzene rings is 1. The number of nitriles is 1. The van der Waals surface area contributed by atoms with E-state index in [1.165, 1.54) is 7.11 Å². The first-order valence-corrected chi connectivity index (χ1v) is 4.95. The highest BCUT2D eigenvalue weighted by Gasteiger charge is 2.10. The van der Waals surface area contributed by atoms with Crippen LogP contribution in [0.5, 0.6) is 5.75 Å². The molecule has 0 aliphatic carbocycles. The summed E-state index contributed by atoms with van der Waals surface area (Å²) in [5.74, 6) is 0.627. The number of Topliss-reactive ketones (excluding diaryl/α,β-unsaturated/α-hetero) is 1. The van der Waals surface area contributed by atoms with E-state index in [9.17, 15) is 4.79 Å². The Balaban J connectivity index is 2.84. The lowest BCUT2D eigenvalue weighted by Crippen LogP contribution is -2.04. The summed E-state index contributed by atoms with van der Waals surface area (Å²) in [6.07, 6.45) is 0. The topological polar surface area (TPSA) is 50.1 Å². The fraction of sp³-hybridized carbons (Fsp3) is 0.200. The monoisotopic (exact) mass is 207 g/mol. The van der Waals surface area contributed by atoms with Gasteiger partial charge in [0.1, 0.15) is 11.2 Å². The minimum Gasteiger partial charge on any atom is -0.496 e. The van der Waals surface area contributed by atoms with Crippen LogP contribution >= 0.6 is 11.8 Å². The normalized spacial score (nSPS) is 9.14. The second-order valence-corrected chi connectivity index (χ2v) is 3.26. The van der Waals surface area contributed by atoms with Gasteiger partial charge in [0.15, 0.2) is 5.78 Å². The Morgan fingerprint density at radius 1 is 1.57 bits per heavy atom. The molecule has 3 nitrogen and oxygen atoms in total. The van der Waals surface area contributed by atoms with Crippen LogP contribution in [0.3, 0.4) is 0 Å². The van der Waals surface area contributed by atoms with Gasteiger partial charge in [-0.15, -0.1) is 0 Å². The van der Waals surface area contributed by atoms with Crippen molar-refractivity contribution in [1.82, 2.24) is 0 Å². The van der Waals surface area contributed by atoms with Crippen LogP contribution in [0.25, 0.3) is 0 Å². The summed E-state index contributed by atoms with van der Waals surface area (Å²) in [7, 11) is 1.52. The highest BCUT2D eigenvalue weighted by molar-refractivity contribution is 8.04. The van der Waals surface area contributed by atoms with Gasteiger partial charge in [-0.3, -0.25) is 4.79 Å². The summed E-state index contributed by atoms with van der Waals surface area (Å²) in [4.78, 5) is 11.5. The maximum absolute atomic E-state index is 11.5. The molecule has 0 saturated heterocycles. The minimum absolute atomic E-state index is 0.0889. The van der Waals surface area contributed by atoms with Crippen LogP contribution in [0, 0.1) is 10.7 Å². The van der Waals surface area contributed by atoms with E-state index in [-0.39, 0.29) is 11.5 Å². The number of nitrogens with zero attached hydrogens (tertiary/aromatic N) is 1. The van der Waals surface area contributed by atoms with E-state index in [1.54, 1.807) is 24.3 Å². The lowest BCUT2D eigenvalue weighted by molar-refractivity contribution is 0.102. The standard InChI is InChI=1S/C10H9NO2S/c1-13-10-5-3-2-4-8(10)9(12)6-14-7-11/h2-5H,6H2,1H3. The van der Waals surface area contributed by atoms with Crippen LogP contribution < -0.4 is 4.74 Å². The molecule has 1 rings (SSSR count). The fourth-order valence-electron chi connectivity index (χ4n) is 1.05. The summed E-state index contributed by atoms with van der Waals surface area (Å²) in [6.45, 7) is 0. The number of ketones is 1. The van der Waals surface area contributed by atoms with Crippen LogP contribution in [-0.2, 0) is 0 Å². The zero-order valence-corrected chi connectivity index (χ0v) is 8.50. The first kappa shape index (κ1) is 10.6. The Morgan fingerprint density at radius 3 is 2.93 bits per heavy atom. The maximum Gasteiger partial charge on any atom is 0.177 e. The smallest absolute Gasteiger partial charge is 0.177 e. The molecule has 0 radical (unpaired) electrons.